The van der Waals surface area contributed by atoms with Gasteiger partial charge in [-0.25, -0.2) is 0 Å². The smallest absolute Gasteiger partial charge is 0.309 e. The van der Waals surface area contributed by atoms with E-state index in [0.717, 1.165) is 25.7 Å². The van der Waals surface area contributed by atoms with Gasteiger partial charge in [0.25, 0.3) is 0 Å². The van der Waals surface area contributed by atoms with Gasteiger partial charge in [0.05, 0.1) is 19.4 Å². The molecule has 0 heterocycles. The molecule has 4 heteroatoms. The van der Waals surface area contributed by atoms with Gasteiger partial charge in [-0.3, -0.25) is 4.57 Å². The van der Waals surface area contributed by atoms with Crippen LogP contribution in [0.3, 0.4) is 0 Å². The van der Waals surface area contributed by atoms with Crippen LogP contribution in [0.2, 0.25) is 0 Å². The van der Waals surface area contributed by atoms with Crippen molar-refractivity contribution in [2.45, 2.75) is 124 Å². The molecule has 0 fully saturated rings. The topological polar surface area (TPSA) is 35.5 Å². The molecule has 0 saturated carbocycles. The summed E-state index contributed by atoms with van der Waals surface area (Å²) in [5.41, 5.74) is 0. The van der Waals surface area contributed by atoms with Crippen molar-refractivity contribution in [3.05, 3.63) is 0 Å². The first-order valence-electron chi connectivity index (χ1n) is 11.6. The minimum absolute atomic E-state index is 0.591. The summed E-state index contributed by atoms with van der Waals surface area (Å²) in [6.07, 6.45) is 19.7. The first-order valence-corrected chi connectivity index (χ1v) is 13.3. The Morgan fingerprint density at radius 1 is 0.500 bits per heavy atom. The molecular weight excluding hydrogens is 343 g/mol. The molecule has 0 aromatic carbocycles. The highest BCUT2D eigenvalue weighted by molar-refractivity contribution is 7.53. The quantitative estimate of drug-likeness (QED) is 0.145. The first kappa shape index (κ1) is 26.1. The van der Waals surface area contributed by atoms with Crippen molar-refractivity contribution in [2.24, 2.45) is 0 Å². The Kier molecular flexibility index (Phi) is 20.0. The molecule has 3 nitrogen and oxygen atoms in total. The zero-order valence-corrected chi connectivity index (χ0v) is 19.0. The van der Waals surface area contributed by atoms with E-state index in [1.54, 1.807) is 0 Å². The number of hydrogen-bond donors (Lipinski definition) is 0. The van der Waals surface area contributed by atoms with Crippen LogP contribution in [0.1, 0.15) is 124 Å². The number of unbranched alkanes of at least 4 members (excludes halogenated alkanes) is 13. The minimum Gasteiger partial charge on any atom is -0.309 e. The lowest BCUT2D eigenvalue weighted by Crippen LogP contribution is -2.03. The Balaban J connectivity index is 3.98. The van der Waals surface area contributed by atoms with Gasteiger partial charge in [0, 0.05) is 0 Å². The summed E-state index contributed by atoms with van der Waals surface area (Å²) >= 11 is 0. The average Bonchev–Trinajstić information content (AvgIpc) is 2.64. The molecule has 0 bridgehead atoms. The lowest BCUT2D eigenvalue weighted by atomic mass is 10.1. The maximum atomic E-state index is 13.0. The first-order chi connectivity index (χ1) is 12.7. The van der Waals surface area contributed by atoms with Crippen LogP contribution in [-0.4, -0.2) is 19.4 Å². The van der Waals surface area contributed by atoms with Gasteiger partial charge in [-0.2, -0.15) is 0 Å². The average molecular weight is 391 g/mol. The van der Waals surface area contributed by atoms with Crippen molar-refractivity contribution >= 4 is 7.60 Å². The lowest BCUT2D eigenvalue weighted by molar-refractivity contribution is 0.197. The van der Waals surface area contributed by atoms with Crippen molar-refractivity contribution in [2.75, 3.05) is 19.4 Å². The molecule has 158 valence electrons. The maximum absolute atomic E-state index is 13.0. The monoisotopic (exact) mass is 390 g/mol. The standard InChI is InChI=1S/C22H47O3P/c1-4-7-10-13-15-17-20-24-26(23,22-19-12-9-6-3)25-21-18-16-14-11-8-5-2/h4-22H2,1-3H3. The third-order valence-electron chi connectivity index (χ3n) is 4.86. The summed E-state index contributed by atoms with van der Waals surface area (Å²) in [7, 11) is -2.88. The molecule has 0 amide bonds. The second-order valence-electron chi connectivity index (χ2n) is 7.60. The fraction of sp³-hybridized carbons (Fsp3) is 1.00. The summed E-state index contributed by atoms with van der Waals surface area (Å²) < 4.78 is 24.6. The van der Waals surface area contributed by atoms with Gasteiger partial charge in [0.15, 0.2) is 0 Å². The van der Waals surface area contributed by atoms with Crippen LogP contribution in [0, 0.1) is 0 Å². The summed E-state index contributed by atoms with van der Waals surface area (Å²) in [5, 5.41) is 0. The van der Waals surface area contributed by atoms with E-state index in [9.17, 15) is 4.57 Å². The van der Waals surface area contributed by atoms with Crippen LogP contribution in [0.15, 0.2) is 0 Å². The molecular formula is C22H47O3P. The van der Waals surface area contributed by atoms with E-state index in [1.807, 2.05) is 0 Å². The van der Waals surface area contributed by atoms with Gasteiger partial charge < -0.3 is 9.05 Å². The number of hydrogen-bond acceptors (Lipinski definition) is 3. The second-order valence-corrected chi connectivity index (χ2v) is 9.78. The Labute approximate surface area is 164 Å². The largest absolute Gasteiger partial charge is 0.330 e. The predicted molar refractivity (Wildman–Crippen MR) is 115 cm³/mol. The third-order valence-corrected chi connectivity index (χ3v) is 6.87. The van der Waals surface area contributed by atoms with Crippen LogP contribution < -0.4 is 0 Å². The van der Waals surface area contributed by atoms with E-state index in [-0.39, 0.29) is 0 Å². The molecule has 0 aliphatic heterocycles. The summed E-state index contributed by atoms with van der Waals surface area (Å²) in [6.45, 7) is 7.85. The lowest BCUT2D eigenvalue weighted by Gasteiger charge is -2.19. The zero-order chi connectivity index (χ0) is 19.3. The fourth-order valence-electron chi connectivity index (χ4n) is 3.07. The van der Waals surface area contributed by atoms with Crippen LogP contribution in [0.25, 0.3) is 0 Å². The van der Waals surface area contributed by atoms with Crippen LogP contribution in [0.4, 0.5) is 0 Å². The number of rotatable bonds is 21. The molecule has 0 unspecified atom stereocenters. The van der Waals surface area contributed by atoms with Crippen molar-refractivity contribution in [3.63, 3.8) is 0 Å². The highest BCUT2D eigenvalue weighted by Crippen LogP contribution is 2.49. The molecule has 0 atom stereocenters. The van der Waals surface area contributed by atoms with Crippen molar-refractivity contribution < 1.29 is 13.6 Å². The summed E-state index contributed by atoms with van der Waals surface area (Å²) in [6, 6.07) is 0. The molecule has 0 aromatic rings. The van der Waals surface area contributed by atoms with Crippen LogP contribution >= 0.6 is 7.60 Å². The Bertz CT molecular complexity index is 299. The van der Waals surface area contributed by atoms with E-state index in [0.29, 0.717) is 19.4 Å². The van der Waals surface area contributed by atoms with Crippen molar-refractivity contribution in [1.29, 1.82) is 0 Å². The van der Waals surface area contributed by atoms with Crippen LogP contribution in [0.5, 0.6) is 0 Å². The minimum atomic E-state index is -2.88. The normalized spacial score (nSPS) is 12.0. The van der Waals surface area contributed by atoms with E-state index < -0.39 is 7.60 Å². The Morgan fingerprint density at radius 3 is 1.27 bits per heavy atom. The molecule has 0 rings (SSSR count). The molecule has 0 aliphatic carbocycles. The third kappa shape index (κ3) is 17.6. The highest BCUT2D eigenvalue weighted by Gasteiger charge is 2.23. The van der Waals surface area contributed by atoms with Crippen molar-refractivity contribution in [1.82, 2.24) is 0 Å². The highest BCUT2D eigenvalue weighted by atomic mass is 31.2. The molecule has 0 aliphatic rings. The maximum Gasteiger partial charge on any atom is 0.330 e. The molecule has 0 N–H and O–H groups in total. The van der Waals surface area contributed by atoms with Crippen molar-refractivity contribution in [3.8, 4) is 0 Å². The van der Waals surface area contributed by atoms with Gasteiger partial charge in [-0.15, -0.1) is 0 Å². The van der Waals surface area contributed by atoms with E-state index in [4.69, 9.17) is 9.05 Å². The summed E-state index contributed by atoms with van der Waals surface area (Å²) in [5.74, 6) is 0. The molecule has 0 saturated heterocycles. The Morgan fingerprint density at radius 2 is 0.846 bits per heavy atom. The fourth-order valence-corrected chi connectivity index (χ4v) is 4.83. The van der Waals surface area contributed by atoms with Gasteiger partial charge in [0.1, 0.15) is 0 Å². The molecule has 0 radical (unpaired) electrons. The molecule has 0 spiro atoms. The van der Waals surface area contributed by atoms with E-state index in [2.05, 4.69) is 20.8 Å². The predicted octanol–water partition coefficient (Wildman–Crippen LogP) is 8.51. The molecule has 26 heavy (non-hydrogen) atoms. The zero-order valence-electron chi connectivity index (χ0n) is 18.1. The molecule has 0 aromatic heterocycles. The Hall–Kier alpha value is 0.150. The van der Waals surface area contributed by atoms with Gasteiger partial charge in [0.2, 0.25) is 0 Å². The van der Waals surface area contributed by atoms with Gasteiger partial charge in [-0.1, -0.05) is 104 Å². The second kappa shape index (κ2) is 19.9. The van der Waals surface area contributed by atoms with E-state index in [1.165, 1.54) is 77.0 Å². The SMILES string of the molecule is CCCCCCCCOP(=O)(CCCCCC)OCCCCCCCC. The van der Waals surface area contributed by atoms with E-state index >= 15 is 0 Å². The van der Waals surface area contributed by atoms with Gasteiger partial charge >= 0.3 is 7.60 Å². The summed E-state index contributed by atoms with van der Waals surface area (Å²) in [4.78, 5) is 0. The van der Waals surface area contributed by atoms with Crippen LogP contribution in [-0.2, 0) is 13.6 Å². The van der Waals surface area contributed by atoms with Gasteiger partial charge in [-0.05, 0) is 19.3 Å².